The number of nitrogens with one attached hydrogen (secondary N) is 1. The van der Waals surface area contributed by atoms with Crippen LogP contribution in [0.15, 0.2) is 12.2 Å². The Morgan fingerprint density at radius 3 is 1.20 bits per heavy atom. The highest BCUT2D eigenvalue weighted by molar-refractivity contribution is 5.76. The molecule has 0 aliphatic heterocycles. The summed E-state index contributed by atoms with van der Waals surface area (Å²) in [6, 6.07) is -0.547. The molecule has 0 rings (SSSR count). The molecule has 61 heavy (non-hydrogen) atoms. The van der Waals surface area contributed by atoms with Gasteiger partial charge in [-0.05, 0) is 51.4 Å². The molecule has 2 unspecified atom stereocenters. The van der Waals surface area contributed by atoms with Crippen LogP contribution in [0.5, 0.6) is 0 Å². The van der Waals surface area contributed by atoms with Crippen LogP contribution in [0.2, 0.25) is 0 Å². The quantitative estimate of drug-likeness (QED) is 0.0322. The summed E-state index contributed by atoms with van der Waals surface area (Å²) in [5.74, 6) is -0.0505. The predicted octanol–water partition coefficient (Wildman–Crippen LogP) is 16.5. The van der Waals surface area contributed by atoms with Crippen molar-refractivity contribution in [3.63, 3.8) is 0 Å². The normalized spacial score (nSPS) is 12.7. The Morgan fingerprint density at radius 1 is 0.443 bits per heavy atom. The van der Waals surface area contributed by atoms with Crippen LogP contribution in [-0.4, -0.2) is 47.4 Å². The van der Waals surface area contributed by atoms with E-state index in [4.69, 9.17) is 4.74 Å². The molecule has 0 aromatic rings. The smallest absolute Gasteiger partial charge is 0.305 e. The molecule has 0 aromatic carbocycles. The number of aliphatic hydroxyl groups is 2. The monoisotopic (exact) mass is 862 g/mol. The van der Waals surface area contributed by atoms with E-state index in [2.05, 4.69) is 31.3 Å². The van der Waals surface area contributed by atoms with E-state index in [1.807, 2.05) is 0 Å². The van der Waals surface area contributed by atoms with E-state index in [0.29, 0.717) is 25.9 Å². The SMILES string of the molecule is CCCCC/C=C\CCCCCCCC(=O)OCCCCCCCCCCCCCCCCCC(=O)NC(CO)C(O)CCCCCCCCCCCCCCCCCCC. The highest BCUT2D eigenvalue weighted by Gasteiger charge is 2.20. The van der Waals surface area contributed by atoms with Crippen molar-refractivity contribution in [1.82, 2.24) is 5.32 Å². The Labute approximate surface area is 380 Å². The summed E-state index contributed by atoms with van der Waals surface area (Å²) >= 11 is 0. The summed E-state index contributed by atoms with van der Waals surface area (Å²) in [5.41, 5.74) is 0. The summed E-state index contributed by atoms with van der Waals surface area (Å²) in [6.45, 7) is 4.92. The Balaban J connectivity index is 3.44. The van der Waals surface area contributed by atoms with Crippen LogP contribution >= 0.6 is 0 Å². The number of ether oxygens (including phenoxy) is 1. The second-order valence-corrected chi connectivity index (χ2v) is 18.9. The van der Waals surface area contributed by atoms with Crippen molar-refractivity contribution in [3.05, 3.63) is 12.2 Å². The van der Waals surface area contributed by atoms with Gasteiger partial charge in [-0.25, -0.2) is 0 Å². The van der Waals surface area contributed by atoms with Crippen molar-refractivity contribution in [2.45, 2.75) is 315 Å². The van der Waals surface area contributed by atoms with Gasteiger partial charge in [-0.1, -0.05) is 251 Å². The van der Waals surface area contributed by atoms with E-state index < -0.39 is 12.1 Å². The van der Waals surface area contributed by atoms with Crippen LogP contribution in [0.25, 0.3) is 0 Å². The molecule has 0 heterocycles. The fourth-order valence-electron chi connectivity index (χ4n) is 8.58. The maximum absolute atomic E-state index is 12.5. The summed E-state index contributed by atoms with van der Waals surface area (Å²) < 4.78 is 5.45. The number of rotatable bonds is 51. The minimum absolute atomic E-state index is 0.00889. The maximum atomic E-state index is 12.5. The fraction of sp³-hybridized carbons (Fsp3) is 0.927. The average Bonchev–Trinajstić information content (AvgIpc) is 3.26. The van der Waals surface area contributed by atoms with Gasteiger partial charge < -0.3 is 20.3 Å². The zero-order valence-corrected chi connectivity index (χ0v) is 41.2. The van der Waals surface area contributed by atoms with Gasteiger partial charge in [0.05, 0.1) is 25.4 Å². The second-order valence-electron chi connectivity index (χ2n) is 18.9. The van der Waals surface area contributed by atoms with Crippen molar-refractivity contribution in [2.75, 3.05) is 13.2 Å². The summed E-state index contributed by atoms with van der Waals surface area (Å²) in [7, 11) is 0. The molecule has 362 valence electrons. The molecule has 2 atom stereocenters. The molecule has 0 radical (unpaired) electrons. The van der Waals surface area contributed by atoms with Crippen molar-refractivity contribution in [2.24, 2.45) is 0 Å². The molecule has 0 aromatic heterocycles. The first-order valence-electron chi connectivity index (χ1n) is 27.4. The lowest BCUT2D eigenvalue weighted by molar-refractivity contribution is -0.143. The second kappa shape index (κ2) is 51.2. The minimum Gasteiger partial charge on any atom is -0.466 e. The molecule has 6 heteroatoms. The third-order valence-electron chi connectivity index (χ3n) is 12.8. The highest BCUT2D eigenvalue weighted by Crippen LogP contribution is 2.17. The van der Waals surface area contributed by atoms with Crippen LogP contribution in [-0.2, 0) is 14.3 Å². The third-order valence-corrected chi connectivity index (χ3v) is 12.8. The van der Waals surface area contributed by atoms with Gasteiger partial charge in [0.15, 0.2) is 0 Å². The summed E-state index contributed by atoms with van der Waals surface area (Å²) in [5, 5.41) is 23.3. The van der Waals surface area contributed by atoms with Gasteiger partial charge in [0.2, 0.25) is 5.91 Å². The minimum atomic E-state index is -0.669. The number of allylic oxidation sites excluding steroid dienone is 2. The van der Waals surface area contributed by atoms with Gasteiger partial charge in [0.1, 0.15) is 0 Å². The van der Waals surface area contributed by atoms with E-state index in [9.17, 15) is 19.8 Å². The molecule has 3 N–H and O–H groups in total. The van der Waals surface area contributed by atoms with E-state index in [0.717, 1.165) is 51.4 Å². The number of aliphatic hydroxyl groups excluding tert-OH is 2. The van der Waals surface area contributed by atoms with Crippen molar-refractivity contribution in [1.29, 1.82) is 0 Å². The van der Waals surface area contributed by atoms with Crippen molar-refractivity contribution < 1.29 is 24.5 Å². The standard InChI is InChI=1S/C55H107NO5/c1-3-5-7-9-11-13-15-17-18-19-21-24-27-31-35-39-43-47-53(58)52(51-57)56-54(59)48-44-40-36-32-28-25-22-20-23-26-30-34-38-42-46-50-61-55(60)49-45-41-37-33-29-16-14-12-10-8-6-4-2/h12,14,52-53,57-58H,3-11,13,15-51H2,1-2H3,(H,56,59)/b14-12-. The molecule has 0 bridgehead atoms. The number of carbonyl (C=O) groups is 2. The van der Waals surface area contributed by atoms with Crippen molar-refractivity contribution >= 4 is 11.9 Å². The molecule has 1 amide bonds. The molecule has 0 saturated carbocycles. The molecule has 0 fully saturated rings. The largest absolute Gasteiger partial charge is 0.466 e. The highest BCUT2D eigenvalue weighted by atomic mass is 16.5. The molecular weight excluding hydrogens is 755 g/mol. The van der Waals surface area contributed by atoms with Crippen LogP contribution in [0, 0.1) is 0 Å². The summed E-state index contributed by atoms with van der Waals surface area (Å²) in [6.07, 6.45) is 59.0. The number of hydrogen-bond acceptors (Lipinski definition) is 5. The number of carbonyl (C=O) groups excluding carboxylic acids is 2. The zero-order chi connectivity index (χ0) is 44.4. The molecular formula is C55H107NO5. The first-order valence-corrected chi connectivity index (χ1v) is 27.4. The van der Waals surface area contributed by atoms with Gasteiger partial charge >= 0.3 is 5.97 Å². The number of hydrogen-bond donors (Lipinski definition) is 3. The molecule has 0 aliphatic rings. The van der Waals surface area contributed by atoms with Gasteiger partial charge in [-0.3, -0.25) is 9.59 Å². The Bertz CT molecular complexity index is 909. The van der Waals surface area contributed by atoms with Crippen LogP contribution < -0.4 is 5.32 Å². The fourth-order valence-corrected chi connectivity index (χ4v) is 8.58. The van der Waals surface area contributed by atoms with Crippen LogP contribution in [0.3, 0.4) is 0 Å². The molecule has 6 nitrogen and oxygen atoms in total. The van der Waals surface area contributed by atoms with Gasteiger partial charge in [-0.15, -0.1) is 0 Å². The third kappa shape index (κ3) is 47.9. The summed E-state index contributed by atoms with van der Waals surface area (Å²) in [4.78, 5) is 24.5. The zero-order valence-electron chi connectivity index (χ0n) is 41.2. The lowest BCUT2D eigenvalue weighted by Gasteiger charge is -2.22. The van der Waals surface area contributed by atoms with Crippen molar-refractivity contribution in [3.8, 4) is 0 Å². The number of esters is 1. The van der Waals surface area contributed by atoms with E-state index >= 15 is 0 Å². The van der Waals surface area contributed by atoms with Gasteiger partial charge in [-0.2, -0.15) is 0 Å². The lowest BCUT2D eigenvalue weighted by Crippen LogP contribution is -2.45. The van der Waals surface area contributed by atoms with E-state index in [-0.39, 0.29) is 18.5 Å². The topological polar surface area (TPSA) is 95.9 Å². The average molecular weight is 862 g/mol. The lowest BCUT2D eigenvalue weighted by atomic mass is 10.0. The number of unbranched alkanes of at least 4 members (excludes halogenated alkanes) is 38. The Morgan fingerprint density at radius 2 is 0.770 bits per heavy atom. The Hall–Kier alpha value is -1.40. The van der Waals surface area contributed by atoms with E-state index in [1.165, 1.54) is 218 Å². The predicted molar refractivity (Wildman–Crippen MR) is 264 cm³/mol. The van der Waals surface area contributed by atoms with E-state index in [1.54, 1.807) is 0 Å². The Kier molecular flexibility index (Phi) is 50.1. The first-order chi connectivity index (χ1) is 30.0. The molecule has 0 saturated heterocycles. The van der Waals surface area contributed by atoms with Crippen LogP contribution in [0.4, 0.5) is 0 Å². The molecule has 0 aliphatic carbocycles. The first kappa shape index (κ1) is 59.6. The van der Waals surface area contributed by atoms with Gasteiger partial charge in [0.25, 0.3) is 0 Å². The van der Waals surface area contributed by atoms with Crippen LogP contribution in [0.1, 0.15) is 303 Å². The number of amides is 1. The molecule has 0 spiro atoms. The van der Waals surface area contributed by atoms with Gasteiger partial charge in [0, 0.05) is 12.8 Å². The maximum Gasteiger partial charge on any atom is 0.305 e.